The van der Waals surface area contributed by atoms with E-state index in [4.69, 9.17) is 4.74 Å². The summed E-state index contributed by atoms with van der Waals surface area (Å²) in [5.41, 5.74) is 0.946. The Kier molecular flexibility index (Phi) is 4.88. The second-order valence-electron chi connectivity index (χ2n) is 6.52. The molecule has 1 aromatic heterocycles. The summed E-state index contributed by atoms with van der Waals surface area (Å²) in [5.74, 6) is -0.927. The van der Waals surface area contributed by atoms with Gasteiger partial charge in [-0.1, -0.05) is 25.2 Å². The van der Waals surface area contributed by atoms with Crippen molar-refractivity contribution < 1.29 is 14.6 Å². The number of aromatic carboxylic acids is 1. The summed E-state index contributed by atoms with van der Waals surface area (Å²) in [6.07, 6.45) is 4.66. The third-order valence-corrected chi connectivity index (χ3v) is 5.50. The Morgan fingerprint density at radius 2 is 2.10 bits per heavy atom. The highest BCUT2D eigenvalue weighted by molar-refractivity contribution is 7.17. The van der Waals surface area contributed by atoms with E-state index in [1.165, 1.54) is 24.2 Å². The van der Waals surface area contributed by atoms with Gasteiger partial charge in [-0.25, -0.2) is 9.78 Å². The van der Waals surface area contributed by atoms with Crippen LogP contribution in [0.2, 0.25) is 0 Å². The Morgan fingerprint density at radius 1 is 1.48 bits per heavy atom. The first-order valence-corrected chi connectivity index (χ1v) is 8.10. The highest BCUT2D eigenvalue weighted by Gasteiger charge is 2.30. The number of nitrogens with zero attached hydrogens (tertiary/aromatic N) is 2. The largest absolute Gasteiger partial charge is 0.477 e. The van der Waals surface area contributed by atoms with Gasteiger partial charge in [-0.3, -0.25) is 0 Å². The Balaban J connectivity index is 2.14. The zero-order valence-electron chi connectivity index (χ0n) is 13.2. The Bertz CT molecular complexity index is 503. The van der Waals surface area contributed by atoms with Crippen molar-refractivity contribution in [3.05, 3.63) is 10.6 Å². The summed E-state index contributed by atoms with van der Waals surface area (Å²) in [4.78, 5) is 18.2. The fraction of sp³-hybridized carbons (Fsp3) is 0.733. The van der Waals surface area contributed by atoms with Gasteiger partial charge in [-0.05, 0) is 31.1 Å². The van der Waals surface area contributed by atoms with Crippen molar-refractivity contribution in [1.82, 2.24) is 4.98 Å². The zero-order valence-corrected chi connectivity index (χ0v) is 14.0. The standard InChI is InChI=1S/C15H24N2O3S/c1-15(2)7-5-10(6-8-15)17(3)14-16-11(9-20-4)12(21-14)13(18)19/h10H,5-9H2,1-4H3,(H,18,19). The van der Waals surface area contributed by atoms with Crippen LogP contribution in [0.25, 0.3) is 0 Å². The minimum absolute atomic E-state index is 0.240. The van der Waals surface area contributed by atoms with E-state index in [1.807, 2.05) is 7.05 Å². The highest BCUT2D eigenvalue weighted by atomic mass is 32.1. The number of aromatic nitrogens is 1. The number of methoxy groups -OCH3 is 1. The molecule has 1 heterocycles. The maximum atomic E-state index is 11.3. The average molecular weight is 312 g/mol. The van der Waals surface area contributed by atoms with Crippen LogP contribution in [0.3, 0.4) is 0 Å². The number of carboxylic acid groups (broad SMARTS) is 1. The third-order valence-electron chi connectivity index (χ3n) is 4.32. The first-order valence-electron chi connectivity index (χ1n) is 7.29. The van der Waals surface area contributed by atoms with Gasteiger partial charge in [0.2, 0.25) is 0 Å². The Labute approximate surface area is 129 Å². The molecule has 0 bridgehead atoms. The van der Waals surface area contributed by atoms with Crippen LogP contribution >= 0.6 is 11.3 Å². The summed E-state index contributed by atoms with van der Waals surface area (Å²) >= 11 is 1.24. The number of hydrogen-bond acceptors (Lipinski definition) is 5. The van der Waals surface area contributed by atoms with Gasteiger partial charge in [0.25, 0.3) is 0 Å². The van der Waals surface area contributed by atoms with E-state index in [0.29, 0.717) is 17.2 Å². The first-order chi connectivity index (χ1) is 9.84. The quantitative estimate of drug-likeness (QED) is 0.903. The second-order valence-corrected chi connectivity index (χ2v) is 7.49. The van der Waals surface area contributed by atoms with Crippen molar-refractivity contribution in [3.8, 4) is 0 Å². The molecule has 118 valence electrons. The summed E-state index contributed by atoms with van der Waals surface area (Å²) < 4.78 is 5.05. The maximum Gasteiger partial charge on any atom is 0.347 e. The van der Waals surface area contributed by atoms with Crippen molar-refractivity contribution in [3.63, 3.8) is 0 Å². The molecular formula is C15H24N2O3S. The first kappa shape index (κ1) is 16.2. The number of anilines is 1. The third kappa shape index (κ3) is 3.74. The minimum atomic E-state index is -0.927. The SMILES string of the molecule is COCc1nc(N(C)C2CCC(C)(C)CC2)sc1C(=O)O. The number of hydrogen-bond donors (Lipinski definition) is 1. The van der Waals surface area contributed by atoms with Gasteiger partial charge in [-0.2, -0.15) is 0 Å². The molecule has 0 saturated heterocycles. The smallest absolute Gasteiger partial charge is 0.347 e. The molecular weight excluding hydrogens is 288 g/mol. The Hall–Kier alpha value is -1.14. The molecule has 0 radical (unpaired) electrons. The molecule has 1 aliphatic rings. The molecule has 1 aromatic rings. The van der Waals surface area contributed by atoms with Crippen LogP contribution in [0.4, 0.5) is 5.13 Å². The van der Waals surface area contributed by atoms with E-state index in [0.717, 1.165) is 18.0 Å². The van der Waals surface area contributed by atoms with Crippen LogP contribution < -0.4 is 4.90 Å². The van der Waals surface area contributed by atoms with E-state index in [2.05, 4.69) is 23.7 Å². The fourth-order valence-corrected chi connectivity index (χ4v) is 3.76. The molecule has 6 heteroatoms. The van der Waals surface area contributed by atoms with Gasteiger partial charge in [-0.15, -0.1) is 0 Å². The monoisotopic (exact) mass is 312 g/mol. The summed E-state index contributed by atoms with van der Waals surface area (Å²) in [6.45, 7) is 4.86. The molecule has 1 saturated carbocycles. The van der Waals surface area contributed by atoms with Gasteiger partial charge >= 0.3 is 5.97 Å². The number of carbonyl (C=O) groups is 1. The van der Waals surface area contributed by atoms with Gasteiger partial charge in [0.1, 0.15) is 4.88 Å². The topological polar surface area (TPSA) is 62.7 Å². The van der Waals surface area contributed by atoms with E-state index in [9.17, 15) is 9.90 Å². The van der Waals surface area contributed by atoms with Crippen molar-refractivity contribution in [2.45, 2.75) is 52.2 Å². The van der Waals surface area contributed by atoms with Gasteiger partial charge in [0.05, 0.1) is 12.3 Å². The van der Waals surface area contributed by atoms with Gasteiger partial charge < -0.3 is 14.7 Å². The number of ether oxygens (including phenoxy) is 1. The second kappa shape index (κ2) is 6.32. The van der Waals surface area contributed by atoms with E-state index >= 15 is 0 Å². The number of rotatable bonds is 5. The molecule has 1 fully saturated rings. The van der Waals surface area contributed by atoms with Crippen molar-refractivity contribution >= 4 is 22.4 Å². The average Bonchev–Trinajstić information content (AvgIpc) is 2.82. The molecule has 1 aliphatic carbocycles. The van der Waals surface area contributed by atoms with Crippen LogP contribution in [-0.4, -0.2) is 36.3 Å². The number of carboxylic acids is 1. The lowest BCUT2D eigenvalue weighted by atomic mass is 9.75. The lowest BCUT2D eigenvalue weighted by Crippen LogP contribution is -2.37. The zero-order chi connectivity index (χ0) is 15.6. The summed E-state index contributed by atoms with van der Waals surface area (Å²) in [6, 6.07) is 0.446. The lowest BCUT2D eigenvalue weighted by Gasteiger charge is -2.38. The van der Waals surface area contributed by atoms with Crippen LogP contribution in [0, 0.1) is 5.41 Å². The molecule has 2 rings (SSSR count). The van der Waals surface area contributed by atoms with Crippen LogP contribution in [0.15, 0.2) is 0 Å². The fourth-order valence-electron chi connectivity index (χ4n) is 2.82. The van der Waals surface area contributed by atoms with Crippen molar-refractivity contribution in [1.29, 1.82) is 0 Å². The lowest BCUT2D eigenvalue weighted by molar-refractivity contribution is 0.0697. The van der Waals surface area contributed by atoms with Crippen molar-refractivity contribution in [2.75, 3.05) is 19.1 Å². The Morgan fingerprint density at radius 3 is 2.62 bits per heavy atom. The maximum absolute atomic E-state index is 11.3. The normalized spacial score (nSPS) is 18.7. The highest BCUT2D eigenvalue weighted by Crippen LogP contribution is 2.38. The predicted octanol–water partition coefficient (Wildman–Crippen LogP) is 3.39. The molecule has 0 aromatic carbocycles. The molecule has 21 heavy (non-hydrogen) atoms. The van der Waals surface area contributed by atoms with Crippen molar-refractivity contribution in [2.24, 2.45) is 5.41 Å². The van der Waals surface area contributed by atoms with E-state index in [-0.39, 0.29) is 11.5 Å². The van der Waals surface area contributed by atoms with E-state index < -0.39 is 5.97 Å². The number of thiazole rings is 1. The van der Waals surface area contributed by atoms with Gasteiger partial charge in [0, 0.05) is 20.2 Å². The van der Waals surface area contributed by atoms with Crippen LogP contribution in [-0.2, 0) is 11.3 Å². The van der Waals surface area contributed by atoms with Gasteiger partial charge in [0.15, 0.2) is 5.13 Å². The van der Waals surface area contributed by atoms with Crippen LogP contribution in [0.5, 0.6) is 0 Å². The minimum Gasteiger partial charge on any atom is -0.477 e. The van der Waals surface area contributed by atoms with E-state index in [1.54, 1.807) is 7.11 Å². The molecule has 5 nitrogen and oxygen atoms in total. The molecule has 0 spiro atoms. The summed E-state index contributed by atoms with van der Waals surface area (Å²) in [5, 5.41) is 10.0. The summed E-state index contributed by atoms with van der Waals surface area (Å²) in [7, 11) is 3.57. The predicted molar refractivity (Wildman–Crippen MR) is 84.2 cm³/mol. The molecule has 0 aliphatic heterocycles. The molecule has 1 N–H and O–H groups in total. The van der Waals surface area contributed by atoms with Crippen LogP contribution in [0.1, 0.15) is 54.9 Å². The molecule has 0 unspecified atom stereocenters. The molecule has 0 amide bonds. The molecule has 0 atom stereocenters.